The maximum atomic E-state index is 5.78. The van der Waals surface area contributed by atoms with E-state index in [1.165, 1.54) is 31.2 Å². The highest BCUT2D eigenvalue weighted by atomic mass is 16.4. The molecule has 0 spiro atoms. The van der Waals surface area contributed by atoms with Gasteiger partial charge in [-0.05, 0) is 43.4 Å². The van der Waals surface area contributed by atoms with Crippen molar-refractivity contribution in [2.24, 2.45) is 0 Å². The van der Waals surface area contributed by atoms with E-state index >= 15 is 0 Å². The van der Waals surface area contributed by atoms with E-state index in [1.54, 1.807) is 0 Å². The normalized spacial score (nSPS) is 15.8. The first-order chi connectivity index (χ1) is 9.81. The lowest BCUT2D eigenvalue weighted by molar-refractivity contribution is 0.413. The Balaban J connectivity index is 1.49. The SMILES string of the molecule is Nc1ccc(CCCc2nnc(C3CCCC3)o2)cc1. The molecule has 2 aromatic rings. The van der Waals surface area contributed by atoms with E-state index < -0.39 is 0 Å². The van der Waals surface area contributed by atoms with Gasteiger partial charge in [0.2, 0.25) is 11.8 Å². The highest BCUT2D eigenvalue weighted by Crippen LogP contribution is 2.33. The van der Waals surface area contributed by atoms with E-state index in [1.807, 2.05) is 12.1 Å². The van der Waals surface area contributed by atoms with Gasteiger partial charge in [0.1, 0.15) is 0 Å². The molecule has 0 bridgehead atoms. The minimum atomic E-state index is 0.508. The van der Waals surface area contributed by atoms with Crippen molar-refractivity contribution in [1.29, 1.82) is 0 Å². The van der Waals surface area contributed by atoms with Crippen LogP contribution in [0.15, 0.2) is 28.7 Å². The maximum absolute atomic E-state index is 5.78. The average molecular weight is 271 g/mol. The van der Waals surface area contributed by atoms with E-state index in [9.17, 15) is 0 Å². The summed E-state index contributed by atoms with van der Waals surface area (Å²) < 4.78 is 5.78. The minimum absolute atomic E-state index is 0.508. The first kappa shape index (κ1) is 13.2. The molecule has 1 saturated carbocycles. The lowest BCUT2D eigenvalue weighted by Crippen LogP contribution is -1.91. The molecule has 0 radical (unpaired) electrons. The first-order valence-corrected chi connectivity index (χ1v) is 7.48. The number of nitrogens with zero attached hydrogens (tertiary/aromatic N) is 2. The standard InChI is InChI=1S/C16H21N3O/c17-14-10-8-12(9-11-14)4-3-7-15-18-19-16(20-15)13-5-1-2-6-13/h8-11,13H,1-7,17H2. The van der Waals surface area contributed by atoms with Crippen LogP contribution in [0.4, 0.5) is 5.69 Å². The van der Waals surface area contributed by atoms with Gasteiger partial charge in [0.15, 0.2) is 0 Å². The van der Waals surface area contributed by atoms with Crippen molar-refractivity contribution in [2.75, 3.05) is 5.73 Å². The Morgan fingerprint density at radius 1 is 1.05 bits per heavy atom. The van der Waals surface area contributed by atoms with Gasteiger partial charge in [-0.1, -0.05) is 25.0 Å². The molecule has 1 fully saturated rings. The molecule has 106 valence electrons. The molecule has 20 heavy (non-hydrogen) atoms. The van der Waals surface area contributed by atoms with Gasteiger partial charge in [-0.3, -0.25) is 0 Å². The molecule has 2 N–H and O–H groups in total. The maximum Gasteiger partial charge on any atom is 0.219 e. The fraction of sp³-hybridized carbons (Fsp3) is 0.500. The van der Waals surface area contributed by atoms with Gasteiger partial charge in [0.25, 0.3) is 0 Å². The summed E-state index contributed by atoms with van der Waals surface area (Å²) in [5.74, 6) is 2.14. The molecule has 0 unspecified atom stereocenters. The number of aromatic nitrogens is 2. The molecule has 3 rings (SSSR count). The van der Waals surface area contributed by atoms with Crippen LogP contribution in [0.5, 0.6) is 0 Å². The molecule has 1 aliphatic rings. The Hall–Kier alpha value is -1.84. The van der Waals surface area contributed by atoms with Gasteiger partial charge in [-0.2, -0.15) is 0 Å². The van der Waals surface area contributed by atoms with Gasteiger partial charge in [0.05, 0.1) is 0 Å². The molecule has 0 aliphatic heterocycles. The Morgan fingerprint density at radius 3 is 2.55 bits per heavy atom. The molecule has 0 atom stereocenters. The number of aryl methyl sites for hydroxylation is 2. The third kappa shape index (κ3) is 3.18. The van der Waals surface area contributed by atoms with E-state index in [0.29, 0.717) is 5.92 Å². The smallest absolute Gasteiger partial charge is 0.219 e. The van der Waals surface area contributed by atoms with Crippen LogP contribution < -0.4 is 5.73 Å². The predicted molar refractivity (Wildman–Crippen MR) is 78.4 cm³/mol. The van der Waals surface area contributed by atoms with Crippen molar-refractivity contribution in [1.82, 2.24) is 10.2 Å². The topological polar surface area (TPSA) is 64.9 Å². The number of hydrogen-bond donors (Lipinski definition) is 1. The summed E-state index contributed by atoms with van der Waals surface area (Å²) in [6.45, 7) is 0. The lowest BCUT2D eigenvalue weighted by Gasteiger charge is -2.01. The predicted octanol–water partition coefficient (Wildman–Crippen LogP) is 3.48. The van der Waals surface area contributed by atoms with Crippen molar-refractivity contribution in [3.8, 4) is 0 Å². The molecule has 1 aliphatic carbocycles. The molecule has 0 amide bonds. The molecular formula is C16H21N3O. The van der Waals surface area contributed by atoms with Crippen molar-refractivity contribution in [3.63, 3.8) is 0 Å². The molecule has 1 aromatic carbocycles. The first-order valence-electron chi connectivity index (χ1n) is 7.48. The fourth-order valence-electron chi connectivity index (χ4n) is 2.83. The molecule has 4 heteroatoms. The fourth-order valence-corrected chi connectivity index (χ4v) is 2.83. The number of rotatable bonds is 5. The van der Waals surface area contributed by atoms with Crippen molar-refractivity contribution >= 4 is 5.69 Å². The van der Waals surface area contributed by atoms with Crippen LogP contribution in [0.25, 0.3) is 0 Å². The van der Waals surface area contributed by atoms with Gasteiger partial charge < -0.3 is 10.2 Å². The molecular weight excluding hydrogens is 250 g/mol. The second-order valence-electron chi connectivity index (χ2n) is 5.61. The van der Waals surface area contributed by atoms with E-state index in [4.69, 9.17) is 10.2 Å². The van der Waals surface area contributed by atoms with E-state index in [2.05, 4.69) is 22.3 Å². The quantitative estimate of drug-likeness (QED) is 0.845. The summed E-state index contributed by atoms with van der Waals surface area (Å²) in [6, 6.07) is 8.04. The third-order valence-corrected chi connectivity index (χ3v) is 4.02. The summed E-state index contributed by atoms with van der Waals surface area (Å²) in [7, 11) is 0. The number of anilines is 1. The number of hydrogen-bond acceptors (Lipinski definition) is 4. The zero-order chi connectivity index (χ0) is 13.8. The average Bonchev–Trinajstić information content (AvgIpc) is 3.11. The molecule has 1 heterocycles. The third-order valence-electron chi connectivity index (χ3n) is 4.02. The van der Waals surface area contributed by atoms with Crippen LogP contribution in [0.2, 0.25) is 0 Å². The van der Waals surface area contributed by atoms with Crippen LogP contribution in [-0.2, 0) is 12.8 Å². The lowest BCUT2D eigenvalue weighted by atomic mass is 10.1. The molecule has 0 saturated heterocycles. The van der Waals surface area contributed by atoms with Crippen molar-refractivity contribution < 1.29 is 4.42 Å². The Morgan fingerprint density at radius 2 is 1.80 bits per heavy atom. The summed E-state index contributed by atoms with van der Waals surface area (Å²) in [5.41, 5.74) is 7.79. The molecule has 4 nitrogen and oxygen atoms in total. The molecule has 1 aromatic heterocycles. The highest BCUT2D eigenvalue weighted by molar-refractivity contribution is 5.39. The zero-order valence-corrected chi connectivity index (χ0v) is 11.7. The summed E-state index contributed by atoms with van der Waals surface area (Å²) in [6.07, 6.45) is 7.88. The number of nitrogens with two attached hydrogens (primary N) is 1. The van der Waals surface area contributed by atoms with Crippen LogP contribution in [0, 0.1) is 0 Å². The minimum Gasteiger partial charge on any atom is -0.425 e. The number of benzene rings is 1. The van der Waals surface area contributed by atoms with E-state index in [0.717, 1.165) is 36.7 Å². The summed E-state index contributed by atoms with van der Waals surface area (Å²) in [4.78, 5) is 0. The second-order valence-corrected chi connectivity index (χ2v) is 5.61. The van der Waals surface area contributed by atoms with Gasteiger partial charge >= 0.3 is 0 Å². The van der Waals surface area contributed by atoms with Crippen LogP contribution >= 0.6 is 0 Å². The largest absolute Gasteiger partial charge is 0.425 e. The van der Waals surface area contributed by atoms with Crippen molar-refractivity contribution in [2.45, 2.75) is 50.9 Å². The van der Waals surface area contributed by atoms with E-state index in [-0.39, 0.29) is 0 Å². The Bertz CT molecular complexity index is 541. The zero-order valence-electron chi connectivity index (χ0n) is 11.7. The van der Waals surface area contributed by atoms with Gasteiger partial charge in [-0.25, -0.2) is 0 Å². The Kier molecular flexibility index (Phi) is 4.00. The monoisotopic (exact) mass is 271 g/mol. The summed E-state index contributed by atoms with van der Waals surface area (Å²) in [5, 5.41) is 8.37. The summed E-state index contributed by atoms with van der Waals surface area (Å²) >= 11 is 0. The number of nitrogen functional groups attached to an aromatic ring is 1. The van der Waals surface area contributed by atoms with Crippen LogP contribution in [-0.4, -0.2) is 10.2 Å². The van der Waals surface area contributed by atoms with Gasteiger partial charge in [-0.15, -0.1) is 10.2 Å². The second kappa shape index (κ2) is 6.07. The highest BCUT2D eigenvalue weighted by Gasteiger charge is 2.22. The Labute approximate surface area is 119 Å². The van der Waals surface area contributed by atoms with Crippen molar-refractivity contribution in [3.05, 3.63) is 41.6 Å². The van der Waals surface area contributed by atoms with Crippen LogP contribution in [0.3, 0.4) is 0 Å². The van der Waals surface area contributed by atoms with Gasteiger partial charge in [0, 0.05) is 18.0 Å². The van der Waals surface area contributed by atoms with Crippen LogP contribution in [0.1, 0.15) is 55.4 Å².